The van der Waals surface area contributed by atoms with E-state index < -0.39 is 0 Å². The zero-order valence-electron chi connectivity index (χ0n) is 11.8. The predicted molar refractivity (Wildman–Crippen MR) is 76.7 cm³/mol. The molecule has 0 fully saturated rings. The molecule has 0 amide bonds. The molecule has 0 aliphatic carbocycles. The minimum Gasteiger partial charge on any atom is -0.493 e. The van der Waals surface area contributed by atoms with Crippen molar-refractivity contribution >= 4 is 5.78 Å². The Bertz CT molecular complexity index is 606. The van der Waals surface area contributed by atoms with Gasteiger partial charge in [-0.1, -0.05) is 13.0 Å². The Labute approximate surface area is 118 Å². The lowest BCUT2D eigenvalue weighted by molar-refractivity contribution is 0.0983. The van der Waals surface area contributed by atoms with Gasteiger partial charge in [0.2, 0.25) is 0 Å². The Morgan fingerprint density at radius 1 is 1.20 bits per heavy atom. The van der Waals surface area contributed by atoms with E-state index >= 15 is 0 Å². The second-order valence-corrected chi connectivity index (χ2v) is 4.41. The van der Waals surface area contributed by atoms with Crippen LogP contribution in [0.1, 0.15) is 29.4 Å². The molecule has 2 aromatic rings. The third kappa shape index (κ3) is 3.15. The molecule has 4 nitrogen and oxygen atoms in total. The summed E-state index contributed by atoms with van der Waals surface area (Å²) < 4.78 is 11.0. The highest BCUT2D eigenvalue weighted by Crippen LogP contribution is 2.31. The lowest BCUT2D eigenvalue weighted by Crippen LogP contribution is -1.99. The Kier molecular flexibility index (Phi) is 4.35. The monoisotopic (exact) mass is 271 g/mol. The number of methoxy groups -OCH3 is 1. The van der Waals surface area contributed by atoms with Gasteiger partial charge in [-0.3, -0.25) is 4.79 Å². The number of hydrogen-bond acceptors (Lipinski definition) is 4. The van der Waals surface area contributed by atoms with Crippen LogP contribution in [0, 0.1) is 6.92 Å². The standard InChI is InChI=1S/C16H17NO3/c1-4-14(18)13-7-6-12(10-17-13)20-15-8-5-11(2)9-16(15)19-3/h5-10H,4H2,1-3H3. The molecule has 0 unspecified atom stereocenters. The van der Waals surface area contributed by atoms with E-state index in [1.165, 1.54) is 0 Å². The quantitative estimate of drug-likeness (QED) is 0.776. The Hall–Kier alpha value is -2.36. The van der Waals surface area contributed by atoms with Crippen LogP contribution in [0.3, 0.4) is 0 Å². The van der Waals surface area contributed by atoms with Crippen LogP contribution < -0.4 is 9.47 Å². The molecule has 0 N–H and O–H groups in total. The Morgan fingerprint density at radius 3 is 2.60 bits per heavy atom. The van der Waals surface area contributed by atoms with Gasteiger partial charge in [0.25, 0.3) is 0 Å². The summed E-state index contributed by atoms with van der Waals surface area (Å²) in [5, 5.41) is 0. The van der Waals surface area contributed by atoms with Gasteiger partial charge < -0.3 is 9.47 Å². The van der Waals surface area contributed by atoms with E-state index in [1.54, 1.807) is 25.4 Å². The maximum absolute atomic E-state index is 11.5. The average molecular weight is 271 g/mol. The molecule has 1 heterocycles. The van der Waals surface area contributed by atoms with Gasteiger partial charge in [0.05, 0.1) is 13.3 Å². The minimum absolute atomic E-state index is 0.0180. The van der Waals surface area contributed by atoms with Gasteiger partial charge in [-0.2, -0.15) is 0 Å². The number of benzene rings is 1. The number of Topliss-reactive ketones (excluding diaryl/α,β-unsaturated/α-hetero) is 1. The first-order chi connectivity index (χ1) is 9.63. The summed E-state index contributed by atoms with van der Waals surface area (Å²) in [5.41, 5.74) is 1.55. The van der Waals surface area contributed by atoms with Crippen molar-refractivity contribution in [3.63, 3.8) is 0 Å². The molecule has 4 heteroatoms. The maximum atomic E-state index is 11.5. The van der Waals surface area contributed by atoms with Crippen molar-refractivity contribution in [1.82, 2.24) is 4.98 Å². The van der Waals surface area contributed by atoms with E-state index in [9.17, 15) is 4.79 Å². The number of ketones is 1. The molecule has 1 aromatic heterocycles. The molecule has 0 aliphatic rings. The lowest BCUT2D eigenvalue weighted by atomic mass is 10.2. The van der Waals surface area contributed by atoms with Crippen molar-refractivity contribution in [3.8, 4) is 17.2 Å². The van der Waals surface area contributed by atoms with E-state index in [0.717, 1.165) is 5.56 Å². The van der Waals surface area contributed by atoms with Crippen molar-refractivity contribution in [2.75, 3.05) is 7.11 Å². The van der Waals surface area contributed by atoms with Crippen LogP contribution in [0.5, 0.6) is 17.2 Å². The summed E-state index contributed by atoms with van der Waals surface area (Å²) in [6.45, 7) is 3.80. The van der Waals surface area contributed by atoms with Gasteiger partial charge in [0, 0.05) is 6.42 Å². The maximum Gasteiger partial charge on any atom is 0.180 e. The number of ether oxygens (including phenoxy) is 2. The fraction of sp³-hybridized carbons (Fsp3) is 0.250. The molecular weight excluding hydrogens is 254 g/mol. The normalized spacial score (nSPS) is 10.2. The zero-order chi connectivity index (χ0) is 14.5. The average Bonchev–Trinajstić information content (AvgIpc) is 2.49. The van der Waals surface area contributed by atoms with Crippen molar-refractivity contribution < 1.29 is 14.3 Å². The van der Waals surface area contributed by atoms with Gasteiger partial charge in [-0.25, -0.2) is 4.98 Å². The number of rotatable bonds is 5. The van der Waals surface area contributed by atoms with Crippen LogP contribution in [0.25, 0.3) is 0 Å². The first-order valence-corrected chi connectivity index (χ1v) is 6.45. The molecule has 104 valence electrons. The number of nitrogens with zero attached hydrogens (tertiary/aromatic N) is 1. The van der Waals surface area contributed by atoms with Crippen LogP contribution in [-0.2, 0) is 0 Å². The van der Waals surface area contributed by atoms with Crippen LogP contribution in [0.2, 0.25) is 0 Å². The third-order valence-electron chi connectivity index (χ3n) is 2.89. The Morgan fingerprint density at radius 2 is 2.00 bits per heavy atom. The van der Waals surface area contributed by atoms with E-state index in [4.69, 9.17) is 9.47 Å². The summed E-state index contributed by atoms with van der Waals surface area (Å²) in [5.74, 6) is 1.87. The molecule has 2 rings (SSSR count). The molecule has 20 heavy (non-hydrogen) atoms. The second kappa shape index (κ2) is 6.19. The molecule has 0 spiro atoms. The highest BCUT2D eigenvalue weighted by atomic mass is 16.5. The third-order valence-corrected chi connectivity index (χ3v) is 2.89. The number of aromatic nitrogens is 1. The van der Waals surface area contributed by atoms with E-state index in [0.29, 0.717) is 29.4 Å². The van der Waals surface area contributed by atoms with E-state index in [1.807, 2.05) is 32.0 Å². The highest BCUT2D eigenvalue weighted by Gasteiger charge is 2.08. The largest absolute Gasteiger partial charge is 0.493 e. The van der Waals surface area contributed by atoms with Crippen molar-refractivity contribution in [2.45, 2.75) is 20.3 Å². The van der Waals surface area contributed by atoms with Crippen LogP contribution in [-0.4, -0.2) is 17.9 Å². The molecule has 0 atom stereocenters. The number of pyridine rings is 1. The van der Waals surface area contributed by atoms with Crippen LogP contribution >= 0.6 is 0 Å². The second-order valence-electron chi connectivity index (χ2n) is 4.41. The van der Waals surface area contributed by atoms with E-state index in [2.05, 4.69) is 4.98 Å². The summed E-state index contributed by atoms with van der Waals surface area (Å²) in [4.78, 5) is 15.6. The fourth-order valence-corrected chi connectivity index (χ4v) is 1.77. The highest BCUT2D eigenvalue weighted by molar-refractivity contribution is 5.93. The van der Waals surface area contributed by atoms with Crippen molar-refractivity contribution in [2.24, 2.45) is 0 Å². The van der Waals surface area contributed by atoms with Gasteiger partial charge in [0.15, 0.2) is 17.3 Å². The Balaban J connectivity index is 2.20. The molecule has 0 saturated heterocycles. The van der Waals surface area contributed by atoms with Crippen LogP contribution in [0.4, 0.5) is 0 Å². The number of carbonyl (C=O) groups is 1. The van der Waals surface area contributed by atoms with Crippen molar-refractivity contribution in [3.05, 3.63) is 47.8 Å². The summed E-state index contributed by atoms with van der Waals surface area (Å²) in [7, 11) is 1.60. The molecule has 0 radical (unpaired) electrons. The fourth-order valence-electron chi connectivity index (χ4n) is 1.77. The first-order valence-electron chi connectivity index (χ1n) is 6.45. The molecule has 0 saturated carbocycles. The topological polar surface area (TPSA) is 48.4 Å². The first kappa shape index (κ1) is 14.1. The predicted octanol–water partition coefficient (Wildman–Crippen LogP) is 3.78. The SMILES string of the molecule is CCC(=O)c1ccc(Oc2ccc(C)cc2OC)cn1. The van der Waals surface area contributed by atoms with E-state index in [-0.39, 0.29) is 5.78 Å². The summed E-state index contributed by atoms with van der Waals surface area (Å²) in [6, 6.07) is 9.09. The van der Waals surface area contributed by atoms with Gasteiger partial charge >= 0.3 is 0 Å². The van der Waals surface area contributed by atoms with Crippen molar-refractivity contribution in [1.29, 1.82) is 0 Å². The molecular formula is C16H17NO3. The van der Waals surface area contributed by atoms with Gasteiger partial charge in [0.1, 0.15) is 11.4 Å². The number of carbonyl (C=O) groups excluding carboxylic acids is 1. The smallest absolute Gasteiger partial charge is 0.180 e. The summed E-state index contributed by atoms with van der Waals surface area (Å²) in [6.07, 6.45) is 1.99. The number of hydrogen-bond donors (Lipinski definition) is 0. The zero-order valence-corrected chi connectivity index (χ0v) is 11.8. The number of aryl methyl sites for hydroxylation is 1. The molecule has 1 aromatic carbocycles. The molecule has 0 aliphatic heterocycles. The van der Waals surface area contributed by atoms with Gasteiger partial charge in [-0.15, -0.1) is 0 Å². The lowest BCUT2D eigenvalue weighted by Gasteiger charge is -2.10. The molecule has 0 bridgehead atoms. The minimum atomic E-state index is 0.0180. The summed E-state index contributed by atoms with van der Waals surface area (Å²) >= 11 is 0. The van der Waals surface area contributed by atoms with Crippen LogP contribution in [0.15, 0.2) is 36.5 Å². The van der Waals surface area contributed by atoms with Gasteiger partial charge in [-0.05, 0) is 36.8 Å².